The van der Waals surface area contributed by atoms with Gasteiger partial charge in [0.2, 0.25) is 0 Å². The van der Waals surface area contributed by atoms with Gasteiger partial charge in [-0.2, -0.15) is 5.10 Å². The molecule has 0 aliphatic rings. The summed E-state index contributed by atoms with van der Waals surface area (Å²) in [5.74, 6) is -0.578. The lowest BCUT2D eigenvalue weighted by molar-refractivity contribution is 0.0952. The van der Waals surface area contributed by atoms with Crippen LogP contribution < -0.4 is 5.32 Å². The van der Waals surface area contributed by atoms with Crippen LogP contribution in [0.3, 0.4) is 0 Å². The van der Waals surface area contributed by atoms with Crippen LogP contribution in [-0.2, 0) is 0 Å². The van der Waals surface area contributed by atoms with E-state index in [4.69, 9.17) is 0 Å². The number of hydrogen-bond donors (Lipinski definition) is 1. The molecule has 18 heavy (non-hydrogen) atoms. The number of benzene rings is 1. The van der Waals surface area contributed by atoms with Crippen LogP contribution in [0.1, 0.15) is 10.5 Å². The molecule has 1 aromatic heterocycles. The van der Waals surface area contributed by atoms with Gasteiger partial charge >= 0.3 is 0 Å². The first-order valence-electron chi connectivity index (χ1n) is 5.41. The molecule has 0 spiro atoms. The number of nitrogens with one attached hydrogen (secondary N) is 1. The Hall–Kier alpha value is -2.43. The number of amides is 1. The van der Waals surface area contributed by atoms with E-state index in [1.54, 1.807) is 30.5 Å². The molecule has 0 aliphatic heterocycles. The first-order chi connectivity index (χ1) is 8.70. The van der Waals surface area contributed by atoms with Crippen molar-refractivity contribution in [3.05, 3.63) is 60.7 Å². The van der Waals surface area contributed by atoms with Crippen LogP contribution in [0, 0.1) is 5.82 Å². The summed E-state index contributed by atoms with van der Waals surface area (Å²) < 4.78 is 14.3. The number of hydrogen-bond acceptors (Lipinski definition) is 2. The van der Waals surface area contributed by atoms with Gasteiger partial charge < -0.3 is 5.32 Å². The van der Waals surface area contributed by atoms with Gasteiger partial charge in [0, 0.05) is 12.7 Å². The SMILES string of the molecule is C=CCNC(=O)c1ccn(-c2ccc(F)cc2)n1. The molecular weight excluding hydrogens is 233 g/mol. The van der Waals surface area contributed by atoms with Crippen LogP contribution in [0.25, 0.3) is 5.69 Å². The van der Waals surface area contributed by atoms with E-state index in [1.807, 2.05) is 0 Å². The summed E-state index contributed by atoms with van der Waals surface area (Å²) in [6, 6.07) is 7.46. The van der Waals surface area contributed by atoms with E-state index in [2.05, 4.69) is 17.0 Å². The second-order valence-corrected chi connectivity index (χ2v) is 3.62. The number of carbonyl (C=O) groups excluding carboxylic acids is 1. The third kappa shape index (κ3) is 2.63. The molecule has 0 saturated carbocycles. The molecule has 0 bridgehead atoms. The molecule has 0 unspecified atom stereocenters. The van der Waals surface area contributed by atoms with Crippen LogP contribution in [0.4, 0.5) is 4.39 Å². The molecule has 5 heteroatoms. The average molecular weight is 245 g/mol. The highest BCUT2D eigenvalue weighted by molar-refractivity contribution is 5.92. The van der Waals surface area contributed by atoms with Crippen LogP contribution in [0.5, 0.6) is 0 Å². The highest BCUT2D eigenvalue weighted by Gasteiger charge is 2.08. The van der Waals surface area contributed by atoms with Crippen molar-refractivity contribution >= 4 is 5.91 Å². The van der Waals surface area contributed by atoms with Crippen LogP contribution >= 0.6 is 0 Å². The van der Waals surface area contributed by atoms with Crippen molar-refractivity contribution in [2.45, 2.75) is 0 Å². The van der Waals surface area contributed by atoms with E-state index in [0.29, 0.717) is 17.9 Å². The van der Waals surface area contributed by atoms with Crippen molar-refractivity contribution in [2.75, 3.05) is 6.54 Å². The van der Waals surface area contributed by atoms with Crippen molar-refractivity contribution in [3.63, 3.8) is 0 Å². The van der Waals surface area contributed by atoms with E-state index in [-0.39, 0.29) is 11.7 Å². The van der Waals surface area contributed by atoms with Gasteiger partial charge in [0.1, 0.15) is 5.82 Å². The fourth-order valence-corrected chi connectivity index (χ4v) is 1.44. The normalized spacial score (nSPS) is 10.1. The second kappa shape index (κ2) is 5.27. The lowest BCUT2D eigenvalue weighted by Gasteiger charge is -2.01. The van der Waals surface area contributed by atoms with Crippen LogP contribution in [-0.4, -0.2) is 22.2 Å². The van der Waals surface area contributed by atoms with Crippen molar-refractivity contribution in [1.82, 2.24) is 15.1 Å². The lowest BCUT2D eigenvalue weighted by Crippen LogP contribution is -2.23. The predicted octanol–water partition coefficient (Wildman–Crippen LogP) is 1.93. The van der Waals surface area contributed by atoms with E-state index in [9.17, 15) is 9.18 Å². The van der Waals surface area contributed by atoms with Gasteiger partial charge in [-0.15, -0.1) is 6.58 Å². The quantitative estimate of drug-likeness (QED) is 0.836. The van der Waals surface area contributed by atoms with Gasteiger partial charge in [-0.3, -0.25) is 4.79 Å². The number of carbonyl (C=O) groups is 1. The van der Waals surface area contributed by atoms with Gasteiger partial charge in [0.25, 0.3) is 5.91 Å². The van der Waals surface area contributed by atoms with Gasteiger partial charge in [0.15, 0.2) is 5.69 Å². The minimum atomic E-state index is -0.310. The molecule has 4 nitrogen and oxygen atoms in total. The summed E-state index contributed by atoms with van der Waals surface area (Å²) in [6.45, 7) is 3.90. The Labute approximate surface area is 104 Å². The number of halogens is 1. The van der Waals surface area contributed by atoms with E-state index in [1.165, 1.54) is 16.8 Å². The smallest absolute Gasteiger partial charge is 0.272 e. The molecule has 0 atom stereocenters. The molecular formula is C13H12FN3O. The van der Waals surface area contributed by atoms with Crippen molar-refractivity contribution in [1.29, 1.82) is 0 Å². The first-order valence-corrected chi connectivity index (χ1v) is 5.41. The van der Waals surface area contributed by atoms with Crippen molar-refractivity contribution < 1.29 is 9.18 Å². The number of aromatic nitrogens is 2. The summed E-state index contributed by atoms with van der Waals surface area (Å²) in [7, 11) is 0. The second-order valence-electron chi connectivity index (χ2n) is 3.62. The maximum Gasteiger partial charge on any atom is 0.272 e. The fourth-order valence-electron chi connectivity index (χ4n) is 1.44. The predicted molar refractivity (Wildman–Crippen MR) is 66.1 cm³/mol. The standard InChI is InChI=1S/C13H12FN3O/c1-2-8-15-13(18)12-7-9-17(16-12)11-5-3-10(14)4-6-11/h2-7,9H,1,8H2,(H,15,18). The molecule has 2 rings (SSSR count). The Morgan fingerprint density at radius 3 is 2.78 bits per heavy atom. The molecule has 1 amide bonds. The van der Waals surface area contributed by atoms with Gasteiger partial charge in [-0.1, -0.05) is 6.08 Å². The lowest BCUT2D eigenvalue weighted by atomic mass is 10.3. The van der Waals surface area contributed by atoms with E-state index >= 15 is 0 Å². The summed E-state index contributed by atoms with van der Waals surface area (Å²) >= 11 is 0. The van der Waals surface area contributed by atoms with Crippen LogP contribution in [0.2, 0.25) is 0 Å². The Morgan fingerprint density at radius 2 is 2.11 bits per heavy atom. The zero-order valence-electron chi connectivity index (χ0n) is 9.64. The third-order valence-corrected chi connectivity index (χ3v) is 2.32. The Bertz CT molecular complexity index is 560. The highest BCUT2D eigenvalue weighted by atomic mass is 19.1. The summed E-state index contributed by atoms with van der Waals surface area (Å²) in [5.41, 5.74) is 1.00. The minimum absolute atomic E-state index is 0.268. The molecule has 0 saturated heterocycles. The topological polar surface area (TPSA) is 46.9 Å². The molecule has 92 valence electrons. The molecule has 1 heterocycles. The average Bonchev–Trinajstić information content (AvgIpc) is 2.86. The maximum absolute atomic E-state index is 12.8. The Morgan fingerprint density at radius 1 is 1.39 bits per heavy atom. The molecule has 0 fully saturated rings. The third-order valence-electron chi connectivity index (χ3n) is 2.32. The summed E-state index contributed by atoms with van der Waals surface area (Å²) in [6.07, 6.45) is 3.24. The van der Waals surface area contributed by atoms with Crippen molar-refractivity contribution in [3.8, 4) is 5.69 Å². The Kier molecular flexibility index (Phi) is 3.52. The van der Waals surface area contributed by atoms with Crippen molar-refractivity contribution in [2.24, 2.45) is 0 Å². The zero-order valence-corrected chi connectivity index (χ0v) is 9.64. The largest absolute Gasteiger partial charge is 0.347 e. The van der Waals surface area contributed by atoms with E-state index < -0.39 is 0 Å². The maximum atomic E-state index is 12.8. The minimum Gasteiger partial charge on any atom is -0.347 e. The van der Waals surface area contributed by atoms with Gasteiger partial charge in [0.05, 0.1) is 5.69 Å². The molecule has 0 radical (unpaired) electrons. The number of rotatable bonds is 4. The highest BCUT2D eigenvalue weighted by Crippen LogP contribution is 2.08. The fraction of sp³-hybridized carbons (Fsp3) is 0.0769. The monoisotopic (exact) mass is 245 g/mol. The first kappa shape index (κ1) is 12.0. The van der Waals surface area contributed by atoms with E-state index in [0.717, 1.165) is 0 Å². The Balaban J connectivity index is 2.17. The number of nitrogens with zero attached hydrogens (tertiary/aromatic N) is 2. The summed E-state index contributed by atoms with van der Waals surface area (Å²) in [5, 5.41) is 6.74. The molecule has 2 aromatic rings. The van der Waals surface area contributed by atoms with Gasteiger partial charge in [-0.25, -0.2) is 9.07 Å². The van der Waals surface area contributed by atoms with Crippen LogP contribution in [0.15, 0.2) is 49.2 Å². The van der Waals surface area contributed by atoms with Gasteiger partial charge in [-0.05, 0) is 30.3 Å². The summed E-state index contributed by atoms with van der Waals surface area (Å²) in [4.78, 5) is 11.6. The molecule has 1 N–H and O–H groups in total. The molecule has 0 aliphatic carbocycles. The zero-order chi connectivity index (χ0) is 13.0. The molecule has 1 aromatic carbocycles.